The van der Waals surface area contributed by atoms with Crippen molar-refractivity contribution in [3.63, 3.8) is 0 Å². The van der Waals surface area contributed by atoms with Crippen LogP contribution < -0.4 is 5.73 Å². The first-order valence-electron chi connectivity index (χ1n) is 9.99. The maximum Gasteiger partial charge on any atom is 0.460 e. The Morgan fingerprint density at radius 1 is 0.239 bits per heavy atom. The molecule has 0 unspecified atom stereocenters. The van der Waals surface area contributed by atoms with Crippen LogP contribution in [0.4, 0.5) is 127 Å². The SMILES string of the molecule is NCCC(F)(F)C(F)(F)C(F)(F)C(F)(F)C(F)(F)C(F)(F)C(F)(F)C(F)(F)C(F)(F)C(F)(F)C(F)(F)C(F)(F)C(F)(F)C(F)(F)F. The molecule has 278 valence electrons. The molecule has 0 aromatic heterocycles. The topological polar surface area (TPSA) is 26.0 Å². The first kappa shape index (κ1) is 43.9. The van der Waals surface area contributed by atoms with E-state index in [2.05, 4.69) is 5.73 Å². The van der Waals surface area contributed by atoms with Crippen LogP contribution in [0.1, 0.15) is 6.42 Å². The van der Waals surface area contributed by atoms with Gasteiger partial charge in [0.25, 0.3) is 0 Å². The average molecular weight is 763 g/mol. The van der Waals surface area contributed by atoms with E-state index in [4.69, 9.17) is 0 Å². The maximum absolute atomic E-state index is 13.7. The Labute approximate surface area is 230 Å². The van der Waals surface area contributed by atoms with Gasteiger partial charge in [0.2, 0.25) is 0 Å². The highest BCUT2D eigenvalue weighted by Gasteiger charge is 3.00. The van der Waals surface area contributed by atoms with Gasteiger partial charge < -0.3 is 5.73 Å². The van der Waals surface area contributed by atoms with Gasteiger partial charge in [-0.2, -0.15) is 127 Å². The molecule has 0 saturated heterocycles. The highest BCUT2D eigenvalue weighted by Crippen LogP contribution is 2.69. The molecule has 0 aromatic rings. The largest absolute Gasteiger partial charge is 0.460 e. The van der Waals surface area contributed by atoms with Crippen molar-refractivity contribution in [1.82, 2.24) is 0 Å². The Hall–Kier alpha value is -2.07. The highest BCUT2D eigenvalue weighted by molar-refractivity contribution is 5.21. The summed E-state index contributed by atoms with van der Waals surface area (Å²) >= 11 is 0. The molecule has 0 amide bonds. The van der Waals surface area contributed by atoms with Crippen LogP contribution in [0.3, 0.4) is 0 Å². The van der Waals surface area contributed by atoms with Crippen LogP contribution in [0.15, 0.2) is 0 Å². The zero-order valence-electron chi connectivity index (χ0n) is 20.0. The molecule has 0 rings (SSSR count). The van der Waals surface area contributed by atoms with Gasteiger partial charge in [0.05, 0.1) is 0 Å². The summed E-state index contributed by atoms with van der Waals surface area (Å²) in [5.41, 5.74) is 4.18. The number of hydrogen-bond acceptors (Lipinski definition) is 1. The fourth-order valence-corrected chi connectivity index (χ4v) is 2.72. The van der Waals surface area contributed by atoms with Crippen LogP contribution in [-0.4, -0.2) is 89.7 Å². The second-order valence-corrected chi connectivity index (χ2v) is 8.63. The molecule has 2 N–H and O–H groups in total. The molecule has 0 aliphatic rings. The van der Waals surface area contributed by atoms with Crippen molar-refractivity contribution in [3.8, 4) is 0 Å². The van der Waals surface area contributed by atoms with E-state index in [1.54, 1.807) is 0 Å². The first-order valence-corrected chi connectivity index (χ1v) is 9.99. The fraction of sp³-hybridized carbons (Fsp3) is 1.00. The van der Waals surface area contributed by atoms with E-state index >= 15 is 0 Å². The van der Waals surface area contributed by atoms with Gasteiger partial charge in [-0.1, -0.05) is 0 Å². The van der Waals surface area contributed by atoms with Crippen molar-refractivity contribution in [2.24, 2.45) is 5.73 Å². The number of rotatable bonds is 14. The third kappa shape index (κ3) is 4.97. The van der Waals surface area contributed by atoms with E-state index in [1.165, 1.54) is 0 Å². The summed E-state index contributed by atoms with van der Waals surface area (Å²) in [4.78, 5) is 0. The van der Waals surface area contributed by atoms with Crippen molar-refractivity contribution in [1.29, 1.82) is 0 Å². The summed E-state index contributed by atoms with van der Waals surface area (Å²) in [6.45, 7) is -2.01. The predicted octanol–water partition coefficient (Wildman–Crippen LogP) is 9.16. The fourth-order valence-electron chi connectivity index (χ4n) is 2.72. The summed E-state index contributed by atoms with van der Waals surface area (Å²) < 4.78 is 386. The third-order valence-corrected chi connectivity index (χ3v) is 5.61. The lowest BCUT2D eigenvalue weighted by Gasteiger charge is -2.46. The Bertz CT molecular complexity index is 1090. The smallest absolute Gasteiger partial charge is 0.330 e. The van der Waals surface area contributed by atoms with Crippen molar-refractivity contribution >= 4 is 0 Å². The first-order chi connectivity index (χ1) is 19.3. The molecule has 0 saturated carbocycles. The average Bonchev–Trinajstić information content (AvgIpc) is 2.81. The quantitative estimate of drug-likeness (QED) is 0.176. The Morgan fingerprint density at radius 3 is 0.543 bits per heavy atom. The molecule has 46 heavy (non-hydrogen) atoms. The molecule has 0 aromatic carbocycles. The molecule has 30 heteroatoms. The zero-order valence-corrected chi connectivity index (χ0v) is 20.0. The number of nitrogens with two attached hydrogens (primary N) is 1. The van der Waals surface area contributed by atoms with Gasteiger partial charge in [-0.25, -0.2) is 0 Å². The van der Waals surface area contributed by atoms with E-state index in [0.29, 0.717) is 0 Å². The molecule has 0 atom stereocenters. The molecule has 1 nitrogen and oxygen atoms in total. The molecular weight excluding hydrogens is 757 g/mol. The van der Waals surface area contributed by atoms with Crippen molar-refractivity contribution in [2.45, 2.75) is 89.6 Å². The van der Waals surface area contributed by atoms with Crippen molar-refractivity contribution < 1.29 is 127 Å². The van der Waals surface area contributed by atoms with Gasteiger partial charge in [-0.15, -0.1) is 0 Å². The third-order valence-electron chi connectivity index (χ3n) is 5.61. The van der Waals surface area contributed by atoms with Crippen LogP contribution in [0.2, 0.25) is 0 Å². The number of alkyl halides is 29. The molecule has 0 heterocycles. The number of halogens is 29. The van der Waals surface area contributed by atoms with E-state index in [1.807, 2.05) is 0 Å². The van der Waals surface area contributed by atoms with Gasteiger partial charge in [0, 0.05) is 6.42 Å². The standard InChI is InChI=1S/C16H6F29N/c17-3(18,1-2-46)4(19,20)5(21,22)6(23,24)7(25,26)8(27,28)9(29,30)10(31,32)11(33,34)12(35,36)13(37,38)14(39,40)15(41,42)16(43,44)45/h1-2,46H2. The van der Waals surface area contributed by atoms with Gasteiger partial charge in [0.1, 0.15) is 0 Å². The summed E-state index contributed by atoms with van der Waals surface area (Å²) in [5, 5.41) is 0. The van der Waals surface area contributed by atoms with Crippen molar-refractivity contribution in [3.05, 3.63) is 0 Å². The van der Waals surface area contributed by atoms with Crippen LogP contribution in [-0.2, 0) is 0 Å². The maximum atomic E-state index is 13.7. The second kappa shape index (κ2) is 10.7. The summed E-state index contributed by atoms with van der Waals surface area (Å²) in [6.07, 6.45) is -11.3. The van der Waals surface area contributed by atoms with Crippen LogP contribution in [0.25, 0.3) is 0 Å². The molecule has 0 fully saturated rings. The van der Waals surface area contributed by atoms with Gasteiger partial charge in [0.15, 0.2) is 0 Å². The lowest BCUT2D eigenvalue weighted by molar-refractivity contribution is -0.487. The van der Waals surface area contributed by atoms with E-state index in [0.717, 1.165) is 0 Å². The van der Waals surface area contributed by atoms with Crippen LogP contribution >= 0.6 is 0 Å². The molecule has 0 bridgehead atoms. The molecule has 0 radical (unpaired) electrons. The molecule has 0 spiro atoms. The minimum atomic E-state index is -9.92. The van der Waals surface area contributed by atoms with E-state index in [9.17, 15) is 127 Å². The normalized spacial score (nSPS) is 17.1. The zero-order chi connectivity index (χ0) is 38.4. The van der Waals surface area contributed by atoms with E-state index < -0.39 is 96.1 Å². The Balaban J connectivity index is 7.53. The molecule has 0 aliphatic carbocycles. The molecule has 0 aliphatic heterocycles. The summed E-state index contributed by atoms with van der Waals surface area (Å²) in [6, 6.07) is 0. The van der Waals surface area contributed by atoms with Crippen LogP contribution in [0, 0.1) is 0 Å². The second-order valence-electron chi connectivity index (χ2n) is 8.63. The van der Waals surface area contributed by atoms with Gasteiger partial charge in [-0.05, 0) is 6.54 Å². The predicted molar refractivity (Wildman–Crippen MR) is 84.0 cm³/mol. The monoisotopic (exact) mass is 763 g/mol. The number of hydrogen-bond donors (Lipinski definition) is 1. The Morgan fingerprint density at radius 2 is 0.391 bits per heavy atom. The van der Waals surface area contributed by atoms with Gasteiger partial charge in [-0.3, -0.25) is 0 Å². The van der Waals surface area contributed by atoms with Crippen LogP contribution in [0.5, 0.6) is 0 Å². The minimum Gasteiger partial charge on any atom is -0.330 e. The van der Waals surface area contributed by atoms with E-state index in [-0.39, 0.29) is 0 Å². The summed E-state index contributed by atoms with van der Waals surface area (Å²) in [5.74, 6) is -120. The molecular formula is C16H6F29N. The highest BCUT2D eigenvalue weighted by atomic mass is 19.4. The lowest BCUT2D eigenvalue weighted by Crippen LogP contribution is -2.79. The van der Waals surface area contributed by atoms with Crippen molar-refractivity contribution in [2.75, 3.05) is 6.54 Å². The van der Waals surface area contributed by atoms with Gasteiger partial charge >= 0.3 is 83.2 Å². The Kier molecular flexibility index (Phi) is 10.2. The summed E-state index contributed by atoms with van der Waals surface area (Å²) in [7, 11) is 0. The lowest BCUT2D eigenvalue weighted by atomic mass is 9.83. The minimum absolute atomic E-state index is 2.01.